The lowest BCUT2D eigenvalue weighted by atomic mass is 10.1. The number of nitrogens with two attached hydrogens (primary N) is 1. The summed E-state index contributed by atoms with van der Waals surface area (Å²) >= 11 is 8.04. The maximum atomic E-state index is 6.37. The summed E-state index contributed by atoms with van der Waals surface area (Å²) in [5.41, 5.74) is 6.94. The zero-order chi connectivity index (χ0) is 14.8. The van der Waals surface area contributed by atoms with E-state index in [1.807, 2.05) is 25.1 Å². The first kappa shape index (κ1) is 14.5. The summed E-state index contributed by atoms with van der Waals surface area (Å²) in [6.07, 6.45) is 0. The smallest absolute Gasteiger partial charge is 0.0548 e. The van der Waals surface area contributed by atoms with Crippen LogP contribution in [0.2, 0.25) is 5.02 Å². The molecule has 0 heterocycles. The van der Waals surface area contributed by atoms with Crippen molar-refractivity contribution in [1.29, 1.82) is 0 Å². The van der Waals surface area contributed by atoms with E-state index in [0.29, 0.717) is 0 Å². The molecule has 1 atom stereocenters. The highest BCUT2D eigenvalue weighted by Gasteiger charge is 2.07. The summed E-state index contributed by atoms with van der Waals surface area (Å²) in [6.45, 7) is 1.96. The Labute approximate surface area is 134 Å². The molecule has 0 aliphatic heterocycles. The first-order chi connectivity index (χ1) is 10.1. The molecule has 21 heavy (non-hydrogen) atoms. The molecule has 0 fully saturated rings. The summed E-state index contributed by atoms with van der Waals surface area (Å²) in [5.74, 6) is 0. The molecule has 106 valence electrons. The quantitative estimate of drug-likeness (QED) is 0.674. The standard InChI is InChI=1S/C18H16ClNS/c1-12(20)14-7-9-18(17(19)11-14)21-16-8-6-13-4-2-3-5-15(13)10-16/h2-12H,20H2,1H3. The lowest BCUT2D eigenvalue weighted by Gasteiger charge is -2.10. The second-order valence-corrected chi connectivity index (χ2v) is 6.61. The highest BCUT2D eigenvalue weighted by atomic mass is 35.5. The maximum Gasteiger partial charge on any atom is 0.0548 e. The molecule has 0 aromatic heterocycles. The highest BCUT2D eigenvalue weighted by molar-refractivity contribution is 7.99. The van der Waals surface area contributed by atoms with Crippen LogP contribution >= 0.6 is 23.4 Å². The number of benzene rings is 3. The molecule has 0 bridgehead atoms. The van der Waals surface area contributed by atoms with Crippen molar-refractivity contribution in [3.05, 3.63) is 71.2 Å². The van der Waals surface area contributed by atoms with E-state index in [1.165, 1.54) is 15.7 Å². The molecule has 0 radical (unpaired) electrons. The lowest BCUT2D eigenvalue weighted by molar-refractivity contribution is 0.817. The second-order valence-electron chi connectivity index (χ2n) is 5.09. The zero-order valence-corrected chi connectivity index (χ0v) is 13.3. The number of fused-ring (bicyclic) bond motifs is 1. The van der Waals surface area contributed by atoms with Crippen LogP contribution in [0, 0.1) is 0 Å². The monoisotopic (exact) mass is 313 g/mol. The van der Waals surface area contributed by atoms with Gasteiger partial charge < -0.3 is 5.73 Å². The Morgan fingerprint density at radius 1 is 0.952 bits per heavy atom. The number of hydrogen-bond donors (Lipinski definition) is 1. The first-order valence-electron chi connectivity index (χ1n) is 6.85. The zero-order valence-electron chi connectivity index (χ0n) is 11.7. The van der Waals surface area contributed by atoms with E-state index in [2.05, 4.69) is 42.5 Å². The minimum Gasteiger partial charge on any atom is -0.324 e. The van der Waals surface area contributed by atoms with E-state index in [9.17, 15) is 0 Å². The number of rotatable bonds is 3. The van der Waals surface area contributed by atoms with Crippen LogP contribution in [-0.2, 0) is 0 Å². The fourth-order valence-electron chi connectivity index (χ4n) is 2.24. The van der Waals surface area contributed by atoms with Crippen LogP contribution in [0.5, 0.6) is 0 Å². The molecule has 3 aromatic carbocycles. The first-order valence-corrected chi connectivity index (χ1v) is 8.04. The van der Waals surface area contributed by atoms with Crippen molar-refractivity contribution in [2.24, 2.45) is 5.73 Å². The van der Waals surface area contributed by atoms with Crippen molar-refractivity contribution in [1.82, 2.24) is 0 Å². The van der Waals surface area contributed by atoms with Crippen molar-refractivity contribution in [2.75, 3.05) is 0 Å². The average Bonchev–Trinajstić information content (AvgIpc) is 2.49. The fourth-order valence-corrected chi connectivity index (χ4v) is 3.41. The van der Waals surface area contributed by atoms with E-state index in [0.717, 1.165) is 15.5 Å². The number of hydrogen-bond acceptors (Lipinski definition) is 2. The molecule has 0 aliphatic carbocycles. The van der Waals surface area contributed by atoms with Gasteiger partial charge in [-0.2, -0.15) is 0 Å². The Morgan fingerprint density at radius 3 is 2.43 bits per heavy atom. The van der Waals surface area contributed by atoms with E-state index >= 15 is 0 Å². The van der Waals surface area contributed by atoms with Crippen LogP contribution < -0.4 is 5.73 Å². The summed E-state index contributed by atoms with van der Waals surface area (Å²) < 4.78 is 0. The average molecular weight is 314 g/mol. The number of halogens is 1. The maximum absolute atomic E-state index is 6.37. The largest absolute Gasteiger partial charge is 0.324 e. The molecule has 0 saturated heterocycles. The Hall–Kier alpha value is -1.48. The molecule has 3 rings (SSSR count). The summed E-state index contributed by atoms with van der Waals surface area (Å²) in [4.78, 5) is 2.24. The molecule has 0 spiro atoms. The van der Waals surface area contributed by atoms with Gasteiger partial charge in [0.05, 0.1) is 5.02 Å². The normalized spacial score (nSPS) is 12.5. The van der Waals surface area contributed by atoms with Crippen LogP contribution in [0.15, 0.2) is 70.5 Å². The van der Waals surface area contributed by atoms with Crippen molar-refractivity contribution in [3.8, 4) is 0 Å². The Bertz CT molecular complexity index is 783. The van der Waals surface area contributed by atoms with Gasteiger partial charge in [0, 0.05) is 15.8 Å². The Morgan fingerprint density at radius 2 is 1.71 bits per heavy atom. The molecule has 3 heteroatoms. The van der Waals surface area contributed by atoms with Gasteiger partial charge in [-0.25, -0.2) is 0 Å². The molecular formula is C18H16ClNS. The molecule has 1 unspecified atom stereocenters. The van der Waals surface area contributed by atoms with E-state index in [1.54, 1.807) is 11.8 Å². The molecule has 0 amide bonds. The van der Waals surface area contributed by atoms with Gasteiger partial charge in [-0.15, -0.1) is 0 Å². The van der Waals surface area contributed by atoms with Crippen LogP contribution in [0.4, 0.5) is 0 Å². The lowest BCUT2D eigenvalue weighted by Crippen LogP contribution is -2.04. The van der Waals surface area contributed by atoms with Gasteiger partial charge in [-0.1, -0.05) is 59.8 Å². The third-order valence-corrected chi connectivity index (χ3v) is 4.92. The minimum atomic E-state index is 0.00205. The van der Waals surface area contributed by atoms with Gasteiger partial charge in [0.1, 0.15) is 0 Å². The molecule has 2 N–H and O–H groups in total. The molecule has 0 aliphatic rings. The predicted molar refractivity (Wildman–Crippen MR) is 92.1 cm³/mol. The van der Waals surface area contributed by atoms with Gasteiger partial charge in [0.25, 0.3) is 0 Å². The van der Waals surface area contributed by atoms with Crippen molar-refractivity contribution in [2.45, 2.75) is 22.8 Å². The van der Waals surface area contributed by atoms with Crippen LogP contribution in [0.3, 0.4) is 0 Å². The van der Waals surface area contributed by atoms with E-state index in [-0.39, 0.29) is 6.04 Å². The molecule has 1 nitrogen and oxygen atoms in total. The van der Waals surface area contributed by atoms with Crippen molar-refractivity contribution in [3.63, 3.8) is 0 Å². The van der Waals surface area contributed by atoms with Crippen molar-refractivity contribution < 1.29 is 0 Å². The molecule has 3 aromatic rings. The van der Waals surface area contributed by atoms with Crippen molar-refractivity contribution >= 4 is 34.1 Å². The third-order valence-electron chi connectivity index (χ3n) is 3.43. The molecular weight excluding hydrogens is 298 g/mol. The van der Waals surface area contributed by atoms with E-state index < -0.39 is 0 Å². The van der Waals surface area contributed by atoms with Gasteiger partial charge in [0.2, 0.25) is 0 Å². The second kappa shape index (κ2) is 6.10. The van der Waals surface area contributed by atoms with Gasteiger partial charge in [-0.3, -0.25) is 0 Å². The third kappa shape index (κ3) is 3.24. The summed E-state index contributed by atoms with van der Waals surface area (Å²) in [7, 11) is 0. The van der Waals surface area contributed by atoms with Crippen LogP contribution in [0.25, 0.3) is 10.8 Å². The Kier molecular flexibility index (Phi) is 4.20. The SMILES string of the molecule is CC(N)c1ccc(Sc2ccc3ccccc3c2)c(Cl)c1. The summed E-state index contributed by atoms with van der Waals surface area (Å²) in [5, 5.41) is 3.24. The van der Waals surface area contributed by atoms with Gasteiger partial charge >= 0.3 is 0 Å². The van der Waals surface area contributed by atoms with Gasteiger partial charge in [-0.05, 0) is 47.5 Å². The van der Waals surface area contributed by atoms with Crippen LogP contribution in [-0.4, -0.2) is 0 Å². The van der Waals surface area contributed by atoms with Crippen LogP contribution in [0.1, 0.15) is 18.5 Å². The minimum absolute atomic E-state index is 0.00205. The Balaban J connectivity index is 1.91. The fraction of sp³-hybridized carbons (Fsp3) is 0.111. The highest BCUT2D eigenvalue weighted by Crippen LogP contribution is 2.35. The molecule has 0 saturated carbocycles. The predicted octanol–water partition coefficient (Wildman–Crippen LogP) is 5.66. The van der Waals surface area contributed by atoms with Gasteiger partial charge in [0.15, 0.2) is 0 Å². The summed E-state index contributed by atoms with van der Waals surface area (Å²) in [6, 6.07) is 20.9. The van der Waals surface area contributed by atoms with E-state index in [4.69, 9.17) is 17.3 Å². The topological polar surface area (TPSA) is 26.0 Å².